The lowest BCUT2D eigenvalue weighted by Crippen LogP contribution is -2.05. The van der Waals surface area contributed by atoms with Gasteiger partial charge in [-0.1, -0.05) is 0 Å². The number of halogens is 4. The Kier molecular flexibility index (Phi) is 3.28. The van der Waals surface area contributed by atoms with E-state index in [1.54, 1.807) is 0 Å². The van der Waals surface area contributed by atoms with Crippen LogP contribution < -0.4 is 10.5 Å². The van der Waals surface area contributed by atoms with E-state index in [9.17, 15) is 17.6 Å². The molecule has 0 radical (unpaired) electrons. The molecule has 0 saturated heterocycles. The predicted octanol–water partition coefficient (Wildman–Crippen LogP) is 3.61. The lowest BCUT2D eigenvalue weighted by Gasteiger charge is -2.09. The van der Waals surface area contributed by atoms with Crippen LogP contribution in [0.3, 0.4) is 0 Å². The SMILES string of the molecule is Nc1cc(F)ccc1Oc1ccc(C(F)(F)F)cn1. The number of nitrogens with zero attached hydrogens (tertiary/aromatic N) is 1. The fourth-order valence-electron chi connectivity index (χ4n) is 1.33. The molecule has 2 N–H and O–H groups in total. The summed E-state index contributed by atoms with van der Waals surface area (Å²) in [5.41, 5.74) is 4.64. The van der Waals surface area contributed by atoms with Gasteiger partial charge in [-0.05, 0) is 18.2 Å². The lowest BCUT2D eigenvalue weighted by molar-refractivity contribution is -0.137. The average molecular weight is 272 g/mol. The van der Waals surface area contributed by atoms with Crippen molar-refractivity contribution in [1.29, 1.82) is 0 Å². The van der Waals surface area contributed by atoms with Crippen LogP contribution in [0.25, 0.3) is 0 Å². The Morgan fingerprint density at radius 2 is 1.84 bits per heavy atom. The quantitative estimate of drug-likeness (QED) is 0.671. The van der Waals surface area contributed by atoms with Gasteiger partial charge in [0.25, 0.3) is 0 Å². The molecule has 0 saturated carbocycles. The summed E-state index contributed by atoms with van der Waals surface area (Å²) in [4.78, 5) is 3.51. The van der Waals surface area contributed by atoms with Gasteiger partial charge < -0.3 is 10.5 Å². The normalized spacial score (nSPS) is 11.4. The third-order valence-corrected chi connectivity index (χ3v) is 2.25. The predicted molar refractivity (Wildman–Crippen MR) is 60.1 cm³/mol. The van der Waals surface area contributed by atoms with E-state index in [4.69, 9.17) is 10.5 Å². The first-order chi connectivity index (χ1) is 8.86. The van der Waals surface area contributed by atoms with Gasteiger partial charge in [0.2, 0.25) is 5.88 Å². The summed E-state index contributed by atoms with van der Waals surface area (Å²) in [6.07, 6.45) is -3.81. The minimum absolute atomic E-state index is 0.0293. The van der Waals surface area contributed by atoms with E-state index >= 15 is 0 Å². The second-order valence-electron chi connectivity index (χ2n) is 3.67. The highest BCUT2D eigenvalue weighted by Gasteiger charge is 2.30. The maximum atomic E-state index is 12.8. The Hall–Kier alpha value is -2.31. The van der Waals surface area contributed by atoms with Gasteiger partial charge in [-0.3, -0.25) is 0 Å². The maximum absolute atomic E-state index is 12.8. The van der Waals surface area contributed by atoms with Crippen molar-refractivity contribution in [3.05, 3.63) is 47.9 Å². The molecule has 7 heteroatoms. The van der Waals surface area contributed by atoms with Gasteiger partial charge in [-0.25, -0.2) is 9.37 Å². The van der Waals surface area contributed by atoms with Crippen molar-refractivity contribution in [3.8, 4) is 11.6 Å². The number of nitrogen functional groups attached to an aromatic ring is 1. The fourth-order valence-corrected chi connectivity index (χ4v) is 1.33. The molecule has 0 amide bonds. The van der Waals surface area contributed by atoms with Gasteiger partial charge in [0.15, 0.2) is 5.75 Å². The highest BCUT2D eigenvalue weighted by Crippen LogP contribution is 2.31. The topological polar surface area (TPSA) is 48.1 Å². The number of pyridine rings is 1. The van der Waals surface area contributed by atoms with Crippen LogP contribution in [0.4, 0.5) is 23.2 Å². The number of benzene rings is 1. The monoisotopic (exact) mass is 272 g/mol. The molecule has 0 fully saturated rings. The van der Waals surface area contributed by atoms with Crippen molar-refractivity contribution in [2.45, 2.75) is 6.18 Å². The molecule has 0 atom stereocenters. The zero-order chi connectivity index (χ0) is 14.0. The lowest BCUT2D eigenvalue weighted by atomic mass is 10.3. The standard InChI is InChI=1S/C12H8F4N2O/c13-8-2-3-10(9(17)5-8)19-11-4-1-7(6-18-11)12(14,15)16/h1-6H,17H2. The summed E-state index contributed by atoms with van der Waals surface area (Å²) in [5, 5.41) is 0. The van der Waals surface area contributed by atoms with Crippen molar-refractivity contribution in [1.82, 2.24) is 4.98 Å². The molecule has 100 valence electrons. The minimum atomic E-state index is -4.46. The van der Waals surface area contributed by atoms with Gasteiger partial charge in [0.1, 0.15) is 5.82 Å². The Balaban J connectivity index is 2.20. The zero-order valence-corrected chi connectivity index (χ0v) is 9.41. The number of aromatic nitrogens is 1. The van der Waals surface area contributed by atoms with Crippen molar-refractivity contribution in [2.75, 3.05) is 5.73 Å². The first kappa shape index (κ1) is 13.1. The highest BCUT2D eigenvalue weighted by atomic mass is 19.4. The van der Waals surface area contributed by atoms with Crippen LogP contribution in [0.2, 0.25) is 0 Å². The van der Waals surface area contributed by atoms with E-state index in [0.717, 1.165) is 24.3 Å². The van der Waals surface area contributed by atoms with E-state index in [0.29, 0.717) is 6.20 Å². The van der Waals surface area contributed by atoms with Crippen LogP contribution in [0, 0.1) is 5.82 Å². The minimum Gasteiger partial charge on any atom is -0.437 e. The zero-order valence-electron chi connectivity index (χ0n) is 9.41. The average Bonchev–Trinajstić information content (AvgIpc) is 2.32. The summed E-state index contributed by atoms with van der Waals surface area (Å²) in [7, 11) is 0. The molecule has 2 rings (SSSR count). The van der Waals surface area contributed by atoms with Crippen molar-refractivity contribution >= 4 is 5.69 Å². The Labute approximate surface area is 105 Å². The molecule has 1 heterocycles. The van der Waals surface area contributed by atoms with Crippen LogP contribution in [0.1, 0.15) is 5.56 Å². The molecule has 0 unspecified atom stereocenters. The summed E-state index contributed by atoms with van der Waals surface area (Å²) in [6, 6.07) is 5.33. The molecule has 0 aliphatic carbocycles. The van der Waals surface area contributed by atoms with E-state index in [2.05, 4.69) is 4.98 Å². The van der Waals surface area contributed by atoms with Crippen LogP contribution in [-0.4, -0.2) is 4.98 Å². The third-order valence-electron chi connectivity index (χ3n) is 2.25. The van der Waals surface area contributed by atoms with Crippen molar-refractivity contribution in [2.24, 2.45) is 0 Å². The first-order valence-corrected chi connectivity index (χ1v) is 5.12. The summed E-state index contributed by atoms with van der Waals surface area (Å²) in [5.74, 6) is -0.481. The smallest absolute Gasteiger partial charge is 0.417 e. The molecular formula is C12H8F4N2O. The summed E-state index contributed by atoms with van der Waals surface area (Å²) < 4.78 is 54.9. The largest absolute Gasteiger partial charge is 0.437 e. The molecule has 1 aromatic carbocycles. The van der Waals surface area contributed by atoms with Crippen LogP contribution in [0.15, 0.2) is 36.5 Å². The van der Waals surface area contributed by atoms with Gasteiger partial charge in [-0.15, -0.1) is 0 Å². The van der Waals surface area contributed by atoms with Crippen molar-refractivity contribution < 1.29 is 22.3 Å². The number of nitrogens with two attached hydrogens (primary N) is 1. The second kappa shape index (κ2) is 4.75. The summed E-state index contributed by atoms with van der Waals surface area (Å²) >= 11 is 0. The third kappa shape index (κ3) is 3.12. The van der Waals surface area contributed by atoms with Crippen LogP contribution in [0.5, 0.6) is 11.6 Å². The van der Waals surface area contributed by atoms with E-state index < -0.39 is 17.6 Å². The number of rotatable bonds is 2. The molecule has 0 aliphatic rings. The van der Waals surface area contributed by atoms with Crippen molar-refractivity contribution in [3.63, 3.8) is 0 Å². The van der Waals surface area contributed by atoms with E-state index in [-0.39, 0.29) is 17.3 Å². The second-order valence-corrected chi connectivity index (χ2v) is 3.67. The van der Waals surface area contributed by atoms with Gasteiger partial charge >= 0.3 is 6.18 Å². The Bertz CT molecular complexity index is 581. The number of hydrogen-bond donors (Lipinski definition) is 1. The molecule has 19 heavy (non-hydrogen) atoms. The highest BCUT2D eigenvalue weighted by molar-refractivity contribution is 5.53. The van der Waals surface area contributed by atoms with E-state index in [1.807, 2.05) is 0 Å². The Morgan fingerprint density at radius 3 is 2.37 bits per heavy atom. The number of hydrogen-bond acceptors (Lipinski definition) is 3. The van der Waals surface area contributed by atoms with Gasteiger partial charge in [0, 0.05) is 18.3 Å². The molecule has 0 bridgehead atoms. The van der Waals surface area contributed by atoms with E-state index in [1.165, 1.54) is 6.07 Å². The number of alkyl halides is 3. The van der Waals surface area contributed by atoms with Gasteiger partial charge in [0.05, 0.1) is 11.3 Å². The molecule has 0 spiro atoms. The summed E-state index contributed by atoms with van der Waals surface area (Å²) in [6.45, 7) is 0. The fraction of sp³-hybridized carbons (Fsp3) is 0.0833. The Morgan fingerprint density at radius 1 is 1.11 bits per heavy atom. The number of anilines is 1. The first-order valence-electron chi connectivity index (χ1n) is 5.12. The van der Waals surface area contributed by atoms with Gasteiger partial charge in [-0.2, -0.15) is 13.2 Å². The van der Waals surface area contributed by atoms with Crippen LogP contribution in [-0.2, 0) is 6.18 Å². The van der Waals surface area contributed by atoms with Crippen LogP contribution >= 0.6 is 0 Å². The molecule has 2 aromatic rings. The maximum Gasteiger partial charge on any atom is 0.417 e. The molecule has 1 aromatic heterocycles. The molecule has 3 nitrogen and oxygen atoms in total. The molecular weight excluding hydrogens is 264 g/mol. The molecule has 0 aliphatic heterocycles. The number of ether oxygens (including phenoxy) is 1.